The Morgan fingerprint density at radius 2 is 2.05 bits per heavy atom. The van der Waals surface area contributed by atoms with Crippen LogP contribution >= 0.6 is 27.3 Å². The number of hydrogen-bond acceptors (Lipinski definition) is 3. The highest BCUT2D eigenvalue weighted by atomic mass is 79.9. The molecular formula is C14H8BrNO2S. The lowest BCUT2D eigenvalue weighted by molar-refractivity contribution is -0.132. The van der Waals surface area contributed by atoms with Gasteiger partial charge in [0.25, 0.3) is 0 Å². The second-order valence-corrected chi connectivity index (χ2v) is 5.63. The molecule has 0 atom stereocenters. The lowest BCUT2D eigenvalue weighted by Gasteiger charge is -1.99. The zero-order valence-electron chi connectivity index (χ0n) is 9.63. The Morgan fingerprint density at radius 1 is 1.32 bits per heavy atom. The van der Waals surface area contributed by atoms with Crippen LogP contribution in [0.15, 0.2) is 46.4 Å². The number of carboxylic acids is 1. The molecule has 0 amide bonds. The van der Waals surface area contributed by atoms with Crippen LogP contribution in [-0.2, 0) is 4.79 Å². The third kappa shape index (κ3) is 3.11. The van der Waals surface area contributed by atoms with Gasteiger partial charge in [-0.2, -0.15) is 5.26 Å². The number of benzene rings is 1. The van der Waals surface area contributed by atoms with Crippen LogP contribution in [0.1, 0.15) is 4.88 Å². The van der Waals surface area contributed by atoms with Crippen LogP contribution in [-0.4, -0.2) is 11.1 Å². The van der Waals surface area contributed by atoms with E-state index in [0.717, 1.165) is 19.8 Å². The Bertz CT molecular complexity index is 697. The monoisotopic (exact) mass is 333 g/mol. The molecule has 0 saturated carbocycles. The number of carbonyl (C=O) groups is 1. The zero-order valence-corrected chi connectivity index (χ0v) is 12.0. The van der Waals surface area contributed by atoms with Crippen LogP contribution < -0.4 is 0 Å². The fourth-order valence-electron chi connectivity index (χ4n) is 1.52. The Morgan fingerprint density at radius 3 is 2.68 bits per heavy atom. The van der Waals surface area contributed by atoms with Gasteiger partial charge in [-0.25, -0.2) is 4.79 Å². The maximum absolute atomic E-state index is 10.8. The van der Waals surface area contributed by atoms with Crippen molar-refractivity contribution in [1.29, 1.82) is 5.26 Å². The van der Waals surface area contributed by atoms with Gasteiger partial charge >= 0.3 is 5.97 Å². The number of nitriles is 1. The van der Waals surface area contributed by atoms with Gasteiger partial charge in [0.1, 0.15) is 11.6 Å². The molecule has 0 saturated heterocycles. The Hall–Kier alpha value is -1.90. The summed E-state index contributed by atoms with van der Waals surface area (Å²) in [5.74, 6) is -1.21. The molecule has 0 aliphatic rings. The van der Waals surface area contributed by atoms with E-state index >= 15 is 0 Å². The van der Waals surface area contributed by atoms with Crippen molar-refractivity contribution in [3.05, 3.63) is 51.3 Å². The SMILES string of the molecule is N#C/C(=C\c1ccc(-c2ccccc2Br)s1)C(=O)O. The van der Waals surface area contributed by atoms with Crippen LogP contribution in [0, 0.1) is 11.3 Å². The zero-order chi connectivity index (χ0) is 13.8. The van der Waals surface area contributed by atoms with Crippen molar-refractivity contribution in [3.8, 4) is 16.5 Å². The van der Waals surface area contributed by atoms with Crippen molar-refractivity contribution in [3.63, 3.8) is 0 Å². The number of rotatable bonds is 3. The van der Waals surface area contributed by atoms with E-state index in [1.807, 2.05) is 30.3 Å². The van der Waals surface area contributed by atoms with Gasteiger partial charge in [-0.05, 0) is 24.3 Å². The molecule has 2 rings (SSSR count). The van der Waals surface area contributed by atoms with Crippen LogP contribution in [0.5, 0.6) is 0 Å². The van der Waals surface area contributed by atoms with E-state index in [4.69, 9.17) is 10.4 Å². The number of aliphatic carboxylic acids is 1. The predicted molar refractivity (Wildman–Crippen MR) is 78.7 cm³/mol. The van der Waals surface area contributed by atoms with E-state index in [9.17, 15) is 4.79 Å². The van der Waals surface area contributed by atoms with Gasteiger partial charge in [0, 0.05) is 19.8 Å². The highest BCUT2D eigenvalue weighted by Gasteiger charge is 2.09. The molecule has 0 unspecified atom stereocenters. The number of thiophene rings is 1. The van der Waals surface area contributed by atoms with Crippen molar-refractivity contribution in [1.82, 2.24) is 0 Å². The van der Waals surface area contributed by atoms with Gasteiger partial charge in [-0.15, -0.1) is 11.3 Å². The average molecular weight is 334 g/mol. The summed E-state index contributed by atoms with van der Waals surface area (Å²) in [7, 11) is 0. The fourth-order valence-corrected chi connectivity index (χ4v) is 3.14. The summed E-state index contributed by atoms with van der Waals surface area (Å²) < 4.78 is 0.978. The smallest absolute Gasteiger partial charge is 0.346 e. The highest BCUT2D eigenvalue weighted by Crippen LogP contribution is 2.34. The summed E-state index contributed by atoms with van der Waals surface area (Å²) in [6, 6.07) is 13.2. The van der Waals surface area contributed by atoms with Gasteiger partial charge in [-0.3, -0.25) is 0 Å². The van der Waals surface area contributed by atoms with Crippen LogP contribution in [0.3, 0.4) is 0 Å². The second kappa shape index (κ2) is 5.83. The molecule has 2 aromatic rings. The van der Waals surface area contributed by atoms with E-state index in [0.29, 0.717) is 0 Å². The Labute approximate surface area is 122 Å². The summed E-state index contributed by atoms with van der Waals surface area (Å²) in [4.78, 5) is 12.5. The molecule has 0 radical (unpaired) electrons. The van der Waals surface area contributed by atoms with E-state index in [1.54, 1.807) is 12.1 Å². The molecule has 1 N–H and O–H groups in total. The normalized spacial score (nSPS) is 11.1. The minimum Gasteiger partial charge on any atom is -0.477 e. The Kier molecular flexibility index (Phi) is 4.15. The summed E-state index contributed by atoms with van der Waals surface area (Å²) in [5.41, 5.74) is 0.779. The third-order valence-corrected chi connectivity index (χ3v) is 4.16. The van der Waals surface area contributed by atoms with Gasteiger partial charge in [-0.1, -0.05) is 34.1 Å². The third-order valence-electron chi connectivity index (χ3n) is 2.40. The maximum Gasteiger partial charge on any atom is 0.346 e. The van der Waals surface area contributed by atoms with Crippen molar-refractivity contribution >= 4 is 39.3 Å². The highest BCUT2D eigenvalue weighted by molar-refractivity contribution is 9.10. The quantitative estimate of drug-likeness (QED) is 0.677. The van der Waals surface area contributed by atoms with Crippen molar-refractivity contribution in [2.45, 2.75) is 0 Å². The van der Waals surface area contributed by atoms with E-state index in [1.165, 1.54) is 17.4 Å². The van der Waals surface area contributed by atoms with Crippen LogP contribution in [0.4, 0.5) is 0 Å². The molecule has 5 heteroatoms. The number of nitrogens with zero attached hydrogens (tertiary/aromatic N) is 1. The first-order chi connectivity index (χ1) is 9.11. The molecule has 94 valence electrons. The van der Waals surface area contributed by atoms with Gasteiger partial charge < -0.3 is 5.11 Å². The molecule has 3 nitrogen and oxygen atoms in total. The molecule has 0 aliphatic carbocycles. The molecule has 0 aliphatic heterocycles. The standard InChI is InChI=1S/C14H8BrNO2S/c15-12-4-2-1-3-11(12)13-6-5-10(19-13)7-9(8-16)14(17)18/h1-7H,(H,17,18)/b9-7+. The number of halogens is 1. The molecule has 1 aromatic carbocycles. The van der Waals surface area contributed by atoms with Crippen molar-refractivity contribution in [2.24, 2.45) is 0 Å². The first kappa shape index (κ1) is 13.5. The lowest BCUT2D eigenvalue weighted by Crippen LogP contribution is -1.96. The Balaban J connectivity index is 2.38. The van der Waals surface area contributed by atoms with E-state index in [2.05, 4.69) is 15.9 Å². The summed E-state index contributed by atoms with van der Waals surface area (Å²) >= 11 is 4.92. The molecule has 0 bridgehead atoms. The summed E-state index contributed by atoms with van der Waals surface area (Å²) in [6.45, 7) is 0. The average Bonchev–Trinajstić information content (AvgIpc) is 2.84. The van der Waals surface area contributed by atoms with E-state index in [-0.39, 0.29) is 5.57 Å². The van der Waals surface area contributed by atoms with Gasteiger partial charge in [0.15, 0.2) is 0 Å². The largest absolute Gasteiger partial charge is 0.477 e. The molecular weight excluding hydrogens is 326 g/mol. The molecule has 1 heterocycles. The number of hydrogen-bond donors (Lipinski definition) is 1. The van der Waals surface area contributed by atoms with Crippen LogP contribution in [0.2, 0.25) is 0 Å². The molecule has 0 fully saturated rings. The summed E-state index contributed by atoms with van der Waals surface area (Å²) in [6.07, 6.45) is 1.38. The lowest BCUT2D eigenvalue weighted by atomic mass is 10.2. The topological polar surface area (TPSA) is 61.1 Å². The summed E-state index contributed by atoms with van der Waals surface area (Å²) in [5, 5.41) is 17.5. The molecule has 0 spiro atoms. The number of carboxylic acid groups (broad SMARTS) is 1. The minimum atomic E-state index is -1.21. The van der Waals surface area contributed by atoms with Crippen molar-refractivity contribution < 1.29 is 9.90 Å². The molecule has 19 heavy (non-hydrogen) atoms. The first-order valence-electron chi connectivity index (χ1n) is 5.31. The maximum atomic E-state index is 10.8. The molecule has 1 aromatic heterocycles. The van der Waals surface area contributed by atoms with Gasteiger partial charge in [0.2, 0.25) is 0 Å². The first-order valence-corrected chi connectivity index (χ1v) is 6.92. The second-order valence-electron chi connectivity index (χ2n) is 3.66. The van der Waals surface area contributed by atoms with Gasteiger partial charge in [0.05, 0.1) is 0 Å². The van der Waals surface area contributed by atoms with E-state index < -0.39 is 5.97 Å². The fraction of sp³-hybridized carbons (Fsp3) is 0. The van der Waals surface area contributed by atoms with Crippen molar-refractivity contribution in [2.75, 3.05) is 0 Å². The minimum absolute atomic E-state index is 0.263. The predicted octanol–water partition coefficient (Wildman–Crippen LogP) is 4.17. The van der Waals surface area contributed by atoms with Crippen LogP contribution in [0.25, 0.3) is 16.5 Å².